The van der Waals surface area contributed by atoms with E-state index < -0.39 is 28.5 Å². The van der Waals surface area contributed by atoms with Crippen molar-refractivity contribution in [2.45, 2.75) is 44.7 Å². The summed E-state index contributed by atoms with van der Waals surface area (Å²) in [6.07, 6.45) is 0.360. The zero-order valence-corrected chi connectivity index (χ0v) is 23.0. The Labute approximate surface area is 224 Å². The Morgan fingerprint density at radius 3 is 2.22 bits per heavy atom. The summed E-state index contributed by atoms with van der Waals surface area (Å²) in [5, 5.41) is 2.97. The molecule has 0 unspecified atom stereocenters. The van der Waals surface area contributed by atoms with Crippen molar-refractivity contribution in [3.05, 3.63) is 94.5 Å². The van der Waals surface area contributed by atoms with E-state index in [2.05, 4.69) is 5.32 Å². The van der Waals surface area contributed by atoms with E-state index in [1.807, 2.05) is 38.1 Å². The number of amides is 2. The molecular formula is C28H32ClN3O4S. The van der Waals surface area contributed by atoms with Gasteiger partial charge in [-0.3, -0.25) is 13.9 Å². The van der Waals surface area contributed by atoms with Crippen LogP contribution in [0.15, 0.2) is 77.7 Å². The molecule has 196 valence electrons. The van der Waals surface area contributed by atoms with E-state index in [-0.39, 0.29) is 17.3 Å². The van der Waals surface area contributed by atoms with Gasteiger partial charge in [0.05, 0.1) is 10.6 Å². The number of halogens is 1. The fourth-order valence-electron chi connectivity index (χ4n) is 4.14. The second-order valence-corrected chi connectivity index (χ2v) is 11.0. The van der Waals surface area contributed by atoms with Crippen LogP contribution in [0, 0.1) is 13.8 Å². The van der Waals surface area contributed by atoms with E-state index in [0.29, 0.717) is 22.7 Å². The fourth-order valence-corrected chi connectivity index (χ4v) is 5.80. The summed E-state index contributed by atoms with van der Waals surface area (Å²) in [7, 11) is -2.62. The van der Waals surface area contributed by atoms with Gasteiger partial charge in [-0.2, -0.15) is 0 Å². The van der Waals surface area contributed by atoms with Gasteiger partial charge in [0.1, 0.15) is 12.6 Å². The van der Waals surface area contributed by atoms with Crippen LogP contribution < -0.4 is 9.62 Å². The van der Waals surface area contributed by atoms with Crippen molar-refractivity contribution in [2.24, 2.45) is 0 Å². The van der Waals surface area contributed by atoms with Crippen LogP contribution in [0.2, 0.25) is 5.02 Å². The Kier molecular flexibility index (Phi) is 9.34. The van der Waals surface area contributed by atoms with Crippen LogP contribution in [0.5, 0.6) is 0 Å². The van der Waals surface area contributed by atoms with E-state index >= 15 is 0 Å². The van der Waals surface area contributed by atoms with Gasteiger partial charge in [0.25, 0.3) is 10.0 Å². The molecule has 3 rings (SSSR count). The average molecular weight is 542 g/mol. The molecule has 3 aromatic carbocycles. The van der Waals surface area contributed by atoms with Crippen molar-refractivity contribution in [3.63, 3.8) is 0 Å². The van der Waals surface area contributed by atoms with E-state index in [1.54, 1.807) is 37.3 Å². The summed E-state index contributed by atoms with van der Waals surface area (Å²) in [4.78, 5) is 28.2. The molecule has 37 heavy (non-hydrogen) atoms. The van der Waals surface area contributed by atoms with Gasteiger partial charge in [0.2, 0.25) is 11.8 Å². The first-order valence-electron chi connectivity index (χ1n) is 12.0. The predicted octanol–water partition coefficient (Wildman–Crippen LogP) is 4.71. The number of hydrogen-bond acceptors (Lipinski definition) is 4. The highest BCUT2D eigenvalue weighted by Gasteiger charge is 2.34. The highest BCUT2D eigenvalue weighted by Crippen LogP contribution is 2.30. The molecule has 0 spiro atoms. The van der Waals surface area contributed by atoms with Crippen molar-refractivity contribution < 1.29 is 18.0 Å². The third-order valence-electron chi connectivity index (χ3n) is 6.28. The number of aryl methyl sites for hydroxylation is 2. The van der Waals surface area contributed by atoms with Gasteiger partial charge < -0.3 is 10.2 Å². The van der Waals surface area contributed by atoms with E-state index in [9.17, 15) is 18.0 Å². The molecule has 3 aromatic rings. The van der Waals surface area contributed by atoms with Crippen molar-refractivity contribution >= 4 is 39.1 Å². The number of sulfonamides is 1. The maximum absolute atomic E-state index is 13.9. The highest BCUT2D eigenvalue weighted by atomic mass is 35.5. The van der Waals surface area contributed by atoms with Crippen molar-refractivity contribution in [3.8, 4) is 0 Å². The van der Waals surface area contributed by atoms with Crippen LogP contribution >= 0.6 is 11.6 Å². The number of likely N-dealkylation sites (N-methyl/N-ethyl adjacent to an activating group) is 1. The Hall–Kier alpha value is -3.36. The molecule has 0 aliphatic heterocycles. The van der Waals surface area contributed by atoms with Gasteiger partial charge in [0.15, 0.2) is 0 Å². The summed E-state index contributed by atoms with van der Waals surface area (Å²) >= 11 is 6.24. The summed E-state index contributed by atoms with van der Waals surface area (Å²) in [5.74, 6) is -0.821. The third-order valence-corrected chi connectivity index (χ3v) is 8.29. The molecule has 7 nitrogen and oxygen atoms in total. The topological polar surface area (TPSA) is 86.8 Å². The lowest BCUT2D eigenvalue weighted by atomic mass is 10.1. The molecule has 9 heteroatoms. The Morgan fingerprint density at radius 1 is 0.946 bits per heavy atom. The normalized spacial score (nSPS) is 12.0. The maximum atomic E-state index is 13.9. The van der Waals surface area contributed by atoms with Gasteiger partial charge in [-0.15, -0.1) is 0 Å². The van der Waals surface area contributed by atoms with E-state index in [0.717, 1.165) is 15.4 Å². The molecule has 0 heterocycles. The van der Waals surface area contributed by atoms with E-state index in [1.165, 1.54) is 30.1 Å². The molecule has 0 saturated carbocycles. The summed E-state index contributed by atoms with van der Waals surface area (Å²) in [6.45, 7) is 5.16. The molecule has 2 amide bonds. The smallest absolute Gasteiger partial charge is 0.264 e. The van der Waals surface area contributed by atoms with Crippen LogP contribution in [-0.2, 0) is 26.2 Å². The van der Waals surface area contributed by atoms with E-state index in [4.69, 9.17) is 11.6 Å². The van der Waals surface area contributed by atoms with Gasteiger partial charge >= 0.3 is 0 Å². The molecule has 0 radical (unpaired) electrons. The SMILES string of the molecule is CC[C@H](C(=O)NC)N(Cc1ccccc1C)C(=O)CN(c1cc(Cl)ccc1C)S(=O)(=O)c1ccccc1. The zero-order valence-electron chi connectivity index (χ0n) is 21.4. The molecule has 0 saturated heterocycles. The molecular weight excluding hydrogens is 510 g/mol. The van der Waals surface area contributed by atoms with Crippen molar-refractivity contribution in [1.82, 2.24) is 10.2 Å². The van der Waals surface area contributed by atoms with Crippen LogP contribution in [0.1, 0.15) is 30.0 Å². The van der Waals surface area contributed by atoms with Gasteiger partial charge in [-0.05, 0) is 61.2 Å². The minimum absolute atomic E-state index is 0.0472. The second-order valence-electron chi connectivity index (χ2n) is 8.74. The van der Waals surface area contributed by atoms with Crippen molar-refractivity contribution in [2.75, 3.05) is 17.9 Å². The number of hydrogen-bond donors (Lipinski definition) is 1. The third kappa shape index (κ3) is 6.50. The molecule has 0 aromatic heterocycles. The molecule has 0 aliphatic rings. The number of anilines is 1. The predicted molar refractivity (Wildman–Crippen MR) is 147 cm³/mol. The lowest BCUT2D eigenvalue weighted by molar-refractivity contribution is -0.140. The number of carbonyl (C=O) groups excluding carboxylic acids is 2. The molecule has 1 atom stereocenters. The number of nitrogens with one attached hydrogen (secondary N) is 1. The number of nitrogens with zero attached hydrogens (tertiary/aromatic N) is 2. The van der Waals surface area contributed by atoms with Gasteiger partial charge in [-0.25, -0.2) is 8.42 Å². The Morgan fingerprint density at radius 2 is 1.59 bits per heavy atom. The van der Waals surface area contributed by atoms with Gasteiger partial charge in [0, 0.05) is 18.6 Å². The Balaban J connectivity index is 2.11. The standard InChI is InChI=1S/C28H32ClN3O4S/c1-5-25(28(34)30-4)31(18-22-12-10-9-11-20(22)2)27(33)19-32(26-17-23(29)16-15-21(26)3)37(35,36)24-13-7-6-8-14-24/h6-17,25H,5,18-19H2,1-4H3,(H,30,34)/t25-/m1/s1. The lowest BCUT2D eigenvalue weighted by Crippen LogP contribution is -2.52. The highest BCUT2D eigenvalue weighted by molar-refractivity contribution is 7.92. The number of benzene rings is 3. The molecule has 0 aliphatic carbocycles. The maximum Gasteiger partial charge on any atom is 0.264 e. The Bertz CT molecular complexity index is 1360. The minimum atomic E-state index is -4.13. The summed E-state index contributed by atoms with van der Waals surface area (Å²) < 4.78 is 28.7. The fraction of sp³-hybridized carbons (Fsp3) is 0.286. The van der Waals surface area contributed by atoms with Crippen LogP contribution in [0.25, 0.3) is 0 Å². The second kappa shape index (κ2) is 12.3. The van der Waals surface area contributed by atoms with Crippen molar-refractivity contribution in [1.29, 1.82) is 0 Å². The number of rotatable bonds is 10. The molecule has 1 N–H and O–H groups in total. The van der Waals surface area contributed by atoms with Gasteiger partial charge in [-0.1, -0.05) is 67.1 Å². The number of carbonyl (C=O) groups is 2. The lowest BCUT2D eigenvalue weighted by Gasteiger charge is -2.33. The molecule has 0 bridgehead atoms. The zero-order chi connectivity index (χ0) is 27.2. The first-order valence-corrected chi connectivity index (χ1v) is 13.8. The van der Waals surface area contributed by atoms with Crippen LogP contribution in [-0.4, -0.2) is 44.8 Å². The quantitative estimate of drug-likeness (QED) is 0.403. The van der Waals surface area contributed by atoms with Crippen LogP contribution in [0.3, 0.4) is 0 Å². The average Bonchev–Trinajstić information content (AvgIpc) is 2.89. The summed E-state index contributed by atoms with van der Waals surface area (Å²) in [5.41, 5.74) is 2.77. The largest absolute Gasteiger partial charge is 0.357 e. The molecule has 0 fully saturated rings. The minimum Gasteiger partial charge on any atom is -0.357 e. The first kappa shape index (κ1) is 28.2. The monoisotopic (exact) mass is 541 g/mol. The van der Waals surface area contributed by atoms with Crippen LogP contribution in [0.4, 0.5) is 5.69 Å². The first-order chi connectivity index (χ1) is 17.6. The summed E-state index contributed by atoms with van der Waals surface area (Å²) in [6, 6.07) is 19.7.